The Kier molecular flexibility index (Phi) is 6.50. The van der Waals surface area contributed by atoms with Crippen LogP contribution in [0.25, 0.3) is 0 Å². The molecule has 0 saturated carbocycles. The van der Waals surface area contributed by atoms with Gasteiger partial charge in [0.25, 0.3) is 0 Å². The van der Waals surface area contributed by atoms with Crippen LogP contribution in [0.15, 0.2) is 17.0 Å². The second kappa shape index (κ2) is 7.76. The second-order valence-electron chi connectivity index (χ2n) is 6.05. The van der Waals surface area contributed by atoms with E-state index >= 15 is 0 Å². The molecule has 0 aliphatic heterocycles. The first-order chi connectivity index (χ1) is 10.9. The van der Waals surface area contributed by atoms with Gasteiger partial charge in [0.2, 0.25) is 15.9 Å². The highest BCUT2D eigenvalue weighted by Crippen LogP contribution is 2.22. The predicted octanol–water partition coefficient (Wildman–Crippen LogP) is 1.09. The molecule has 0 aliphatic carbocycles. The van der Waals surface area contributed by atoms with E-state index in [0.717, 1.165) is 5.56 Å². The minimum atomic E-state index is -4.02. The molecule has 0 bridgehead atoms. The number of hydrogen-bond donors (Lipinski definition) is 2. The summed E-state index contributed by atoms with van der Waals surface area (Å²) < 4.78 is 32.4. The van der Waals surface area contributed by atoms with E-state index < -0.39 is 34.4 Å². The number of benzene rings is 1. The fourth-order valence-corrected chi connectivity index (χ4v) is 4.17. The molecule has 0 aliphatic rings. The van der Waals surface area contributed by atoms with Crippen molar-refractivity contribution in [2.75, 3.05) is 0 Å². The third-order valence-corrected chi connectivity index (χ3v) is 5.03. The van der Waals surface area contributed by atoms with E-state index in [0.29, 0.717) is 11.1 Å². The Hall–Kier alpha value is -1.93. The molecule has 8 heteroatoms. The van der Waals surface area contributed by atoms with Gasteiger partial charge in [0, 0.05) is 0 Å². The largest absolute Gasteiger partial charge is 0.463 e. The molecule has 3 N–H and O–H groups in total. The average molecular weight is 356 g/mol. The number of aryl methyl sites for hydroxylation is 3. The maximum absolute atomic E-state index is 12.6. The Morgan fingerprint density at radius 3 is 2.08 bits per heavy atom. The smallest absolute Gasteiger partial charge is 0.308 e. The SMILES string of the molecule is Cc1cc(C)c(S(=O)(=O)NC(CC(=O)OC(C)C)C(N)=O)c(C)c1. The van der Waals surface area contributed by atoms with Gasteiger partial charge in [-0.05, 0) is 45.7 Å². The first kappa shape index (κ1) is 20.1. The third kappa shape index (κ3) is 5.31. The van der Waals surface area contributed by atoms with E-state index in [4.69, 9.17) is 10.5 Å². The van der Waals surface area contributed by atoms with Crippen LogP contribution in [0.1, 0.15) is 37.0 Å². The first-order valence-electron chi connectivity index (χ1n) is 7.53. The van der Waals surface area contributed by atoms with Crippen molar-refractivity contribution in [1.29, 1.82) is 0 Å². The van der Waals surface area contributed by atoms with Gasteiger partial charge in [0.15, 0.2) is 0 Å². The molecule has 1 aromatic carbocycles. The zero-order chi connectivity index (χ0) is 18.7. The molecule has 0 radical (unpaired) electrons. The van der Waals surface area contributed by atoms with Crippen molar-refractivity contribution in [2.24, 2.45) is 5.73 Å². The quantitative estimate of drug-likeness (QED) is 0.710. The number of rotatable bonds is 7. The Morgan fingerprint density at radius 2 is 1.67 bits per heavy atom. The third-order valence-electron chi connectivity index (χ3n) is 3.25. The minimum absolute atomic E-state index is 0.0802. The molecular weight excluding hydrogens is 332 g/mol. The summed E-state index contributed by atoms with van der Waals surface area (Å²) in [4.78, 5) is 23.3. The maximum atomic E-state index is 12.6. The van der Waals surface area contributed by atoms with Crippen molar-refractivity contribution in [3.8, 4) is 0 Å². The van der Waals surface area contributed by atoms with E-state index in [2.05, 4.69) is 4.72 Å². The summed E-state index contributed by atoms with van der Waals surface area (Å²) in [6.07, 6.45) is -0.833. The lowest BCUT2D eigenvalue weighted by Gasteiger charge is -2.18. The second-order valence-corrected chi connectivity index (χ2v) is 7.70. The molecule has 24 heavy (non-hydrogen) atoms. The Balaban J connectivity index is 3.10. The van der Waals surface area contributed by atoms with Gasteiger partial charge in [-0.25, -0.2) is 8.42 Å². The van der Waals surface area contributed by atoms with Gasteiger partial charge in [-0.3, -0.25) is 9.59 Å². The normalized spacial score (nSPS) is 12.9. The van der Waals surface area contributed by atoms with Crippen LogP contribution in [-0.2, 0) is 24.3 Å². The number of ether oxygens (including phenoxy) is 1. The lowest BCUT2D eigenvalue weighted by molar-refractivity contribution is -0.149. The summed E-state index contributed by atoms with van der Waals surface area (Å²) in [6, 6.07) is 2.09. The van der Waals surface area contributed by atoms with Crippen LogP contribution in [0, 0.1) is 20.8 Å². The summed E-state index contributed by atoms with van der Waals surface area (Å²) >= 11 is 0. The molecular formula is C16H24N2O5S. The van der Waals surface area contributed by atoms with Crippen LogP contribution >= 0.6 is 0 Å². The fourth-order valence-electron chi connectivity index (χ4n) is 2.51. The van der Waals surface area contributed by atoms with E-state index in [-0.39, 0.29) is 11.0 Å². The number of carbonyl (C=O) groups is 2. The highest BCUT2D eigenvalue weighted by molar-refractivity contribution is 7.89. The van der Waals surface area contributed by atoms with Gasteiger partial charge in [0.05, 0.1) is 17.4 Å². The van der Waals surface area contributed by atoms with Gasteiger partial charge < -0.3 is 10.5 Å². The van der Waals surface area contributed by atoms with Gasteiger partial charge in [-0.1, -0.05) is 17.7 Å². The van der Waals surface area contributed by atoms with Crippen molar-refractivity contribution in [1.82, 2.24) is 4.72 Å². The standard InChI is InChI=1S/C16H24N2O5S/c1-9(2)23-14(19)8-13(16(17)20)18-24(21,22)15-11(4)6-10(3)7-12(15)5/h6-7,9,13,18H,8H2,1-5H3,(H2,17,20). The highest BCUT2D eigenvalue weighted by atomic mass is 32.2. The first-order valence-corrected chi connectivity index (χ1v) is 9.01. The van der Waals surface area contributed by atoms with Crippen molar-refractivity contribution >= 4 is 21.9 Å². The number of esters is 1. The number of nitrogens with two attached hydrogens (primary N) is 1. The Bertz CT molecular complexity index is 718. The van der Waals surface area contributed by atoms with E-state index in [1.165, 1.54) is 0 Å². The summed E-state index contributed by atoms with van der Waals surface area (Å²) in [5.74, 6) is -1.64. The van der Waals surface area contributed by atoms with E-state index in [1.54, 1.807) is 39.8 Å². The minimum Gasteiger partial charge on any atom is -0.463 e. The monoisotopic (exact) mass is 356 g/mol. The molecule has 134 valence electrons. The summed E-state index contributed by atoms with van der Waals surface area (Å²) in [5.41, 5.74) is 7.25. The Morgan fingerprint density at radius 1 is 1.17 bits per heavy atom. The number of primary amides is 1. The molecule has 0 fully saturated rings. The lowest BCUT2D eigenvalue weighted by Crippen LogP contribution is -2.46. The van der Waals surface area contributed by atoms with Crippen LogP contribution in [0.2, 0.25) is 0 Å². The molecule has 1 unspecified atom stereocenters. The van der Waals surface area contributed by atoms with Crippen molar-refractivity contribution in [3.63, 3.8) is 0 Å². The molecule has 1 rings (SSSR count). The van der Waals surface area contributed by atoms with E-state index in [1.807, 2.05) is 6.92 Å². The number of sulfonamides is 1. The maximum Gasteiger partial charge on any atom is 0.308 e. The van der Waals surface area contributed by atoms with Crippen LogP contribution in [0.4, 0.5) is 0 Å². The zero-order valence-corrected chi connectivity index (χ0v) is 15.4. The number of carbonyl (C=O) groups excluding carboxylic acids is 2. The molecule has 1 atom stereocenters. The van der Waals surface area contributed by atoms with Crippen molar-refractivity contribution in [3.05, 3.63) is 28.8 Å². The van der Waals surface area contributed by atoms with Gasteiger partial charge in [0.1, 0.15) is 6.04 Å². The van der Waals surface area contributed by atoms with E-state index in [9.17, 15) is 18.0 Å². The predicted molar refractivity (Wildman–Crippen MR) is 89.8 cm³/mol. The van der Waals surface area contributed by atoms with Crippen LogP contribution in [-0.4, -0.2) is 32.4 Å². The zero-order valence-electron chi connectivity index (χ0n) is 14.5. The molecule has 0 saturated heterocycles. The molecule has 0 heterocycles. The molecule has 0 spiro atoms. The number of nitrogens with one attached hydrogen (secondary N) is 1. The fraction of sp³-hybridized carbons (Fsp3) is 0.500. The molecule has 7 nitrogen and oxygen atoms in total. The average Bonchev–Trinajstić information content (AvgIpc) is 2.34. The topological polar surface area (TPSA) is 116 Å². The van der Waals surface area contributed by atoms with Crippen LogP contribution in [0.5, 0.6) is 0 Å². The highest BCUT2D eigenvalue weighted by Gasteiger charge is 2.29. The van der Waals surface area contributed by atoms with Crippen LogP contribution < -0.4 is 10.5 Å². The Labute approximate surface area is 142 Å². The van der Waals surface area contributed by atoms with Crippen molar-refractivity contribution < 1.29 is 22.7 Å². The lowest BCUT2D eigenvalue weighted by atomic mass is 10.1. The summed E-state index contributed by atoms with van der Waals surface area (Å²) in [5, 5.41) is 0. The van der Waals surface area contributed by atoms with Gasteiger partial charge >= 0.3 is 5.97 Å². The van der Waals surface area contributed by atoms with Crippen molar-refractivity contribution in [2.45, 2.75) is 58.1 Å². The summed E-state index contributed by atoms with van der Waals surface area (Å²) in [6.45, 7) is 8.50. The summed E-state index contributed by atoms with van der Waals surface area (Å²) in [7, 11) is -4.02. The number of hydrogen-bond acceptors (Lipinski definition) is 5. The molecule has 1 amide bonds. The number of amides is 1. The molecule has 1 aromatic rings. The molecule has 0 aromatic heterocycles. The van der Waals surface area contributed by atoms with Gasteiger partial charge in [-0.15, -0.1) is 0 Å². The van der Waals surface area contributed by atoms with Gasteiger partial charge in [-0.2, -0.15) is 4.72 Å². The van der Waals surface area contributed by atoms with Crippen LogP contribution in [0.3, 0.4) is 0 Å².